The van der Waals surface area contributed by atoms with Gasteiger partial charge in [-0.1, -0.05) is 37.3 Å². The number of fused-ring (bicyclic) bond motifs is 1. The van der Waals surface area contributed by atoms with Crippen LogP contribution in [0.1, 0.15) is 31.9 Å². The number of nitrogens with one attached hydrogen (secondary N) is 1. The Labute approximate surface area is 128 Å². The monoisotopic (exact) mass is 298 g/mol. The van der Waals surface area contributed by atoms with Crippen LogP contribution in [0, 0.1) is 0 Å². The van der Waals surface area contributed by atoms with Crippen molar-refractivity contribution in [3.63, 3.8) is 0 Å². The number of aromatic nitrogens is 3. The molecule has 0 bridgehead atoms. The Balaban J connectivity index is 2.06. The Morgan fingerprint density at radius 2 is 2.14 bits per heavy atom. The van der Waals surface area contributed by atoms with Gasteiger partial charge in [0.15, 0.2) is 0 Å². The highest BCUT2D eigenvalue weighted by molar-refractivity contribution is 5.92. The lowest BCUT2D eigenvalue weighted by Crippen LogP contribution is -2.29. The zero-order valence-electron chi connectivity index (χ0n) is 12.6. The van der Waals surface area contributed by atoms with E-state index in [2.05, 4.69) is 15.4 Å². The molecule has 3 rings (SSSR count). The van der Waals surface area contributed by atoms with Gasteiger partial charge in [-0.2, -0.15) is 10.1 Å². The van der Waals surface area contributed by atoms with Gasteiger partial charge >= 0.3 is 5.97 Å². The van der Waals surface area contributed by atoms with E-state index in [-0.39, 0.29) is 12.0 Å². The van der Waals surface area contributed by atoms with Crippen LogP contribution in [-0.2, 0) is 9.53 Å². The highest BCUT2D eigenvalue weighted by atomic mass is 16.5. The Bertz CT molecular complexity index is 706. The van der Waals surface area contributed by atoms with Crippen LogP contribution in [0.15, 0.2) is 47.9 Å². The number of benzene rings is 1. The average Bonchev–Trinajstić information content (AvgIpc) is 2.99. The lowest BCUT2D eigenvalue weighted by atomic mass is 9.96. The van der Waals surface area contributed by atoms with Crippen molar-refractivity contribution in [3.8, 4) is 0 Å². The molecule has 1 aliphatic heterocycles. The average molecular weight is 298 g/mol. The summed E-state index contributed by atoms with van der Waals surface area (Å²) >= 11 is 0. The molecule has 1 aromatic heterocycles. The minimum atomic E-state index is -0.329. The highest BCUT2D eigenvalue weighted by Gasteiger charge is 2.34. The van der Waals surface area contributed by atoms with Crippen LogP contribution in [0.3, 0.4) is 0 Å². The molecular formula is C16H18N4O2. The lowest BCUT2D eigenvalue weighted by molar-refractivity contribution is -0.139. The molecule has 1 aromatic carbocycles. The number of esters is 1. The second-order valence-corrected chi connectivity index (χ2v) is 5.14. The summed E-state index contributed by atoms with van der Waals surface area (Å²) in [6, 6.07) is 9.45. The van der Waals surface area contributed by atoms with Crippen molar-refractivity contribution in [2.24, 2.45) is 0 Å². The normalized spacial score (nSPS) is 16.9. The van der Waals surface area contributed by atoms with E-state index in [0.29, 0.717) is 18.1 Å². The molecule has 114 valence electrons. The summed E-state index contributed by atoms with van der Waals surface area (Å²) in [4.78, 5) is 16.7. The quantitative estimate of drug-likeness (QED) is 0.878. The lowest BCUT2D eigenvalue weighted by Gasteiger charge is -2.28. The number of allylic oxidation sites excluding steroid dienone is 1. The van der Waals surface area contributed by atoms with Crippen molar-refractivity contribution in [3.05, 3.63) is 53.5 Å². The van der Waals surface area contributed by atoms with E-state index in [0.717, 1.165) is 17.7 Å². The van der Waals surface area contributed by atoms with Crippen LogP contribution in [0.5, 0.6) is 0 Å². The summed E-state index contributed by atoms with van der Waals surface area (Å²) in [7, 11) is 0. The van der Waals surface area contributed by atoms with E-state index in [1.165, 1.54) is 6.33 Å². The van der Waals surface area contributed by atoms with Gasteiger partial charge in [-0.3, -0.25) is 0 Å². The SMILES string of the molecule is CCCOC(=O)C1=C(C)Nc2ncnn2C1c1ccccc1. The maximum atomic E-state index is 12.5. The highest BCUT2D eigenvalue weighted by Crippen LogP contribution is 2.34. The molecule has 6 heteroatoms. The van der Waals surface area contributed by atoms with Crippen molar-refractivity contribution >= 4 is 11.9 Å². The first-order valence-corrected chi connectivity index (χ1v) is 7.31. The molecule has 1 aliphatic rings. The van der Waals surface area contributed by atoms with Crippen molar-refractivity contribution in [2.45, 2.75) is 26.3 Å². The summed E-state index contributed by atoms with van der Waals surface area (Å²) < 4.78 is 7.06. The molecule has 22 heavy (non-hydrogen) atoms. The summed E-state index contributed by atoms with van der Waals surface area (Å²) in [6.07, 6.45) is 2.27. The zero-order chi connectivity index (χ0) is 15.5. The summed E-state index contributed by atoms with van der Waals surface area (Å²) in [6.45, 7) is 4.23. The third-order valence-corrected chi connectivity index (χ3v) is 3.57. The number of anilines is 1. The minimum absolute atomic E-state index is 0.318. The van der Waals surface area contributed by atoms with Gasteiger partial charge in [-0.05, 0) is 18.9 Å². The van der Waals surface area contributed by atoms with Crippen molar-refractivity contribution in [2.75, 3.05) is 11.9 Å². The van der Waals surface area contributed by atoms with Crippen LogP contribution < -0.4 is 5.32 Å². The zero-order valence-corrected chi connectivity index (χ0v) is 12.6. The molecule has 0 aliphatic carbocycles. The van der Waals surface area contributed by atoms with E-state index in [1.54, 1.807) is 4.68 Å². The third kappa shape index (κ3) is 2.47. The number of carbonyl (C=O) groups excluding carboxylic acids is 1. The first kappa shape index (κ1) is 14.3. The van der Waals surface area contributed by atoms with E-state index in [9.17, 15) is 4.79 Å². The van der Waals surface area contributed by atoms with E-state index >= 15 is 0 Å². The van der Waals surface area contributed by atoms with Gasteiger partial charge in [0.1, 0.15) is 12.4 Å². The summed E-state index contributed by atoms with van der Waals surface area (Å²) in [5.74, 6) is 0.306. The van der Waals surface area contributed by atoms with Gasteiger partial charge in [0.2, 0.25) is 5.95 Å². The topological polar surface area (TPSA) is 69.0 Å². The number of nitrogens with zero attached hydrogens (tertiary/aromatic N) is 3. The van der Waals surface area contributed by atoms with Gasteiger partial charge < -0.3 is 10.1 Å². The van der Waals surface area contributed by atoms with Crippen LogP contribution in [-0.4, -0.2) is 27.3 Å². The third-order valence-electron chi connectivity index (χ3n) is 3.57. The maximum absolute atomic E-state index is 12.5. The molecule has 6 nitrogen and oxygen atoms in total. The largest absolute Gasteiger partial charge is 0.462 e. The van der Waals surface area contributed by atoms with E-state index in [4.69, 9.17) is 4.74 Å². The number of ether oxygens (including phenoxy) is 1. The molecule has 1 atom stereocenters. The minimum Gasteiger partial charge on any atom is -0.462 e. The second kappa shape index (κ2) is 6.01. The molecule has 1 unspecified atom stereocenters. The van der Waals surface area contributed by atoms with Gasteiger partial charge in [-0.15, -0.1) is 0 Å². The number of hydrogen-bond donors (Lipinski definition) is 1. The van der Waals surface area contributed by atoms with Crippen LogP contribution in [0.4, 0.5) is 5.95 Å². The van der Waals surface area contributed by atoms with Gasteiger partial charge in [0, 0.05) is 5.70 Å². The van der Waals surface area contributed by atoms with Gasteiger partial charge in [0.05, 0.1) is 12.2 Å². The molecule has 0 fully saturated rings. The van der Waals surface area contributed by atoms with Crippen LogP contribution >= 0.6 is 0 Å². The number of carbonyl (C=O) groups is 1. The second-order valence-electron chi connectivity index (χ2n) is 5.14. The van der Waals surface area contributed by atoms with Crippen LogP contribution in [0.2, 0.25) is 0 Å². The Morgan fingerprint density at radius 3 is 2.86 bits per heavy atom. The maximum Gasteiger partial charge on any atom is 0.338 e. The molecule has 2 aromatic rings. The summed E-state index contributed by atoms with van der Waals surface area (Å²) in [5, 5.41) is 7.38. The first-order chi connectivity index (χ1) is 10.7. The van der Waals surface area contributed by atoms with E-state index < -0.39 is 0 Å². The predicted molar refractivity (Wildman–Crippen MR) is 82.2 cm³/mol. The number of hydrogen-bond acceptors (Lipinski definition) is 5. The van der Waals surface area contributed by atoms with Gasteiger partial charge in [-0.25, -0.2) is 9.48 Å². The van der Waals surface area contributed by atoms with E-state index in [1.807, 2.05) is 44.2 Å². The fourth-order valence-electron chi connectivity index (χ4n) is 2.57. The van der Waals surface area contributed by atoms with Crippen LogP contribution in [0.25, 0.3) is 0 Å². The fraction of sp³-hybridized carbons (Fsp3) is 0.312. The Morgan fingerprint density at radius 1 is 1.36 bits per heavy atom. The Kier molecular flexibility index (Phi) is 3.91. The fourth-order valence-corrected chi connectivity index (χ4v) is 2.57. The molecule has 0 saturated carbocycles. The molecule has 0 amide bonds. The predicted octanol–water partition coefficient (Wildman–Crippen LogP) is 2.52. The van der Waals surface area contributed by atoms with Crippen molar-refractivity contribution in [1.29, 1.82) is 0 Å². The smallest absolute Gasteiger partial charge is 0.338 e. The Hall–Kier alpha value is -2.63. The summed E-state index contributed by atoms with van der Waals surface area (Å²) in [5.41, 5.74) is 2.28. The van der Waals surface area contributed by atoms with Crippen molar-refractivity contribution < 1.29 is 9.53 Å². The standard InChI is InChI=1S/C16H18N4O2/c1-3-9-22-15(21)13-11(2)19-16-17-10-18-20(16)14(13)12-7-5-4-6-8-12/h4-8,10,14H,3,9H2,1-2H3,(H,17,18,19). The molecule has 0 radical (unpaired) electrons. The number of rotatable bonds is 4. The molecule has 1 N–H and O–H groups in total. The molecule has 0 saturated heterocycles. The van der Waals surface area contributed by atoms with Gasteiger partial charge in [0.25, 0.3) is 0 Å². The van der Waals surface area contributed by atoms with Crippen molar-refractivity contribution in [1.82, 2.24) is 14.8 Å². The molecule has 0 spiro atoms. The molecule has 2 heterocycles. The first-order valence-electron chi connectivity index (χ1n) is 7.31. The molecular weight excluding hydrogens is 280 g/mol.